The molecular formula is C18H20BrNO4S2. The fraction of sp³-hybridized carbons (Fsp3) is 0.389. The molecule has 2 heterocycles. The molecule has 0 radical (unpaired) electrons. The van der Waals surface area contributed by atoms with Crippen molar-refractivity contribution in [1.29, 1.82) is 0 Å². The highest BCUT2D eigenvalue weighted by atomic mass is 79.9. The van der Waals surface area contributed by atoms with E-state index in [0.29, 0.717) is 18.7 Å². The maximum atomic E-state index is 12.8. The summed E-state index contributed by atoms with van der Waals surface area (Å²) in [5.74, 6) is 0.579. The first-order chi connectivity index (χ1) is 12.3. The third-order valence-corrected chi connectivity index (χ3v) is 7.71. The van der Waals surface area contributed by atoms with Gasteiger partial charge in [0, 0.05) is 15.4 Å². The van der Waals surface area contributed by atoms with Crippen LogP contribution in [-0.2, 0) is 21.2 Å². The number of halogens is 1. The summed E-state index contributed by atoms with van der Waals surface area (Å²) in [6.45, 7) is 2.31. The van der Waals surface area contributed by atoms with Crippen LogP contribution in [0.25, 0.3) is 0 Å². The summed E-state index contributed by atoms with van der Waals surface area (Å²) in [5, 5.41) is 1.98. The number of thiophene rings is 1. The number of carbonyl (C=O) groups is 1. The topological polar surface area (TPSA) is 63.7 Å². The van der Waals surface area contributed by atoms with E-state index in [0.717, 1.165) is 14.9 Å². The lowest BCUT2D eigenvalue weighted by Crippen LogP contribution is -2.43. The summed E-state index contributed by atoms with van der Waals surface area (Å²) < 4.78 is 30.3. The molecule has 1 aliphatic heterocycles. The molecule has 2 aromatic rings. The molecule has 8 heteroatoms. The molecule has 1 atom stereocenters. The van der Waals surface area contributed by atoms with Gasteiger partial charge in [-0.2, -0.15) is 0 Å². The zero-order valence-corrected chi connectivity index (χ0v) is 17.6. The number of carbonyl (C=O) groups excluding carboxylic acids is 1. The van der Waals surface area contributed by atoms with Gasteiger partial charge in [0.05, 0.1) is 18.1 Å². The predicted molar refractivity (Wildman–Crippen MR) is 106 cm³/mol. The summed E-state index contributed by atoms with van der Waals surface area (Å²) in [6.07, 6.45) is 0.483. The van der Waals surface area contributed by atoms with Gasteiger partial charge >= 0.3 is 0 Å². The second-order valence-corrected chi connectivity index (χ2v) is 10.5. The average molecular weight is 458 g/mol. The first kappa shape index (κ1) is 19.4. The van der Waals surface area contributed by atoms with Gasteiger partial charge < -0.3 is 9.64 Å². The lowest BCUT2D eigenvalue weighted by atomic mass is 10.2. The zero-order valence-electron chi connectivity index (χ0n) is 14.4. The van der Waals surface area contributed by atoms with Crippen LogP contribution in [-0.4, -0.2) is 43.4 Å². The number of ether oxygens (including phenoxy) is 1. The van der Waals surface area contributed by atoms with E-state index in [9.17, 15) is 13.2 Å². The van der Waals surface area contributed by atoms with Crippen LogP contribution in [0.3, 0.4) is 0 Å². The van der Waals surface area contributed by atoms with Crippen molar-refractivity contribution in [3.63, 3.8) is 0 Å². The minimum absolute atomic E-state index is 0.0292. The molecular weight excluding hydrogens is 438 g/mol. The quantitative estimate of drug-likeness (QED) is 0.666. The number of amides is 1. The van der Waals surface area contributed by atoms with Crippen LogP contribution in [0.2, 0.25) is 0 Å². The smallest absolute Gasteiger partial charge is 0.261 e. The lowest BCUT2D eigenvalue weighted by molar-refractivity contribution is -0.135. The number of nitrogens with zero attached hydrogens (tertiary/aromatic N) is 1. The number of sulfone groups is 1. The zero-order chi connectivity index (χ0) is 18.7. The van der Waals surface area contributed by atoms with Crippen molar-refractivity contribution in [3.8, 4) is 5.75 Å². The van der Waals surface area contributed by atoms with Crippen LogP contribution in [0.5, 0.6) is 5.75 Å². The molecule has 5 nitrogen and oxygen atoms in total. The predicted octanol–water partition coefficient (Wildman–Crippen LogP) is 3.41. The molecule has 0 saturated carbocycles. The van der Waals surface area contributed by atoms with Gasteiger partial charge in [-0.3, -0.25) is 4.79 Å². The van der Waals surface area contributed by atoms with Crippen molar-refractivity contribution in [2.75, 3.05) is 18.1 Å². The Bertz CT molecular complexity index is 877. The van der Waals surface area contributed by atoms with Gasteiger partial charge in [-0.1, -0.05) is 15.9 Å². The van der Waals surface area contributed by atoms with Crippen LogP contribution >= 0.6 is 27.3 Å². The fourth-order valence-electron chi connectivity index (χ4n) is 2.92. The summed E-state index contributed by atoms with van der Waals surface area (Å²) in [4.78, 5) is 15.6. The van der Waals surface area contributed by atoms with Crippen molar-refractivity contribution < 1.29 is 17.9 Å². The molecule has 3 rings (SSSR count). The number of aryl methyl sites for hydroxylation is 1. The highest BCUT2D eigenvalue weighted by Gasteiger charge is 2.35. The van der Waals surface area contributed by atoms with Gasteiger partial charge in [0.1, 0.15) is 5.75 Å². The first-order valence-electron chi connectivity index (χ1n) is 8.25. The maximum Gasteiger partial charge on any atom is 0.261 e. The van der Waals surface area contributed by atoms with Gasteiger partial charge in [-0.05, 0) is 54.6 Å². The van der Waals surface area contributed by atoms with Gasteiger partial charge in [-0.25, -0.2) is 8.42 Å². The van der Waals surface area contributed by atoms with E-state index in [4.69, 9.17) is 4.74 Å². The number of hydrogen-bond acceptors (Lipinski definition) is 5. The largest absolute Gasteiger partial charge is 0.484 e. The van der Waals surface area contributed by atoms with E-state index in [-0.39, 0.29) is 30.1 Å². The molecule has 0 aliphatic carbocycles. The van der Waals surface area contributed by atoms with Gasteiger partial charge in [0.2, 0.25) is 0 Å². The summed E-state index contributed by atoms with van der Waals surface area (Å²) >= 11 is 4.94. The highest BCUT2D eigenvalue weighted by Crippen LogP contribution is 2.24. The van der Waals surface area contributed by atoms with Crippen LogP contribution < -0.4 is 4.74 Å². The van der Waals surface area contributed by atoms with Crippen molar-refractivity contribution in [1.82, 2.24) is 4.90 Å². The number of benzene rings is 1. The minimum atomic E-state index is -3.07. The van der Waals surface area contributed by atoms with Crippen LogP contribution in [0, 0.1) is 6.92 Å². The molecule has 26 heavy (non-hydrogen) atoms. The van der Waals surface area contributed by atoms with Crippen LogP contribution in [0.1, 0.15) is 16.9 Å². The molecule has 0 spiro atoms. The maximum absolute atomic E-state index is 12.8. The van der Waals surface area contributed by atoms with E-state index in [1.54, 1.807) is 28.4 Å². The molecule has 1 aromatic carbocycles. The molecule has 1 amide bonds. The van der Waals surface area contributed by atoms with Crippen molar-refractivity contribution >= 4 is 43.0 Å². The number of hydrogen-bond donors (Lipinski definition) is 0. The standard InChI is InChI=1S/C18H20BrNO4S2/c1-13-6-8-25-17(13)10-20(15-7-9-26(22,23)12-15)18(21)11-24-16-4-2-14(19)3-5-16/h2-6,8,15H,7,9-12H2,1H3/t15-/m0/s1. The Kier molecular flexibility index (Phi) is 6.04. The normalized spacial score (nSPS) is 18.6. The lowest BCUT2D eigenvalue weighted by Gasteiger charge is -2.28. The molecule has 0 unspecified atom stereocenters. The second-order valence-electron chi connectivity index (χ2n) is 6.35. The Morgan fingerprint density at radius 2 is 2.04 bits per heavy atom. The Labute approximate surface area is 166 Å². The van der Waals surface area contributed by atoms with E-state index < -0.39 is 9.84 Å². The third-order valence-electron chi connectivity index (χ3n) is 4.43. The van der Waals surface area contributed by atoms with Crippen LogP contribution in [0.15, 0.2) is 40.2 Å². The van der Waals surface area contributed by atoms with E-state index in [1.165, 1.54) is 0 Å². The van der Waals surface area contributed by atoms with Gasteiger partial charge in [0.25, 0.3) is 5.91 Å². The summed E-state index contributed by atoms with van der Waals surface area (Å²) in [5.41, 5.74) is 1.11. The Morgan fingerprint density at radius 3 is 2.62 bits per heavy atom. The molecule has 1 saturated heterocycles. The molecule has 0 bridgehead atoms. The van der Waals surface area contributed by atoms with Crippen molar-refractivity contribution in [3.05, 3.63) is 50.6 Å². The van der Waals surface area contributed by atoms with Crippen LogP contribution in [0.4, 0.5) is 0 Å². The first-order valence-corrected chi connectivity index (χ1v) is 11.7. The molecule has 1 fully saturated rings. The number of rotatable bonds is 6. The minimum Gasteiger partial charge on any atom is -0.484 e. The van der Waals surface area contributed by atoms with Crippen molar-refractivity contribution in [2.45, 2.75) is 25.9 Å². The third kappa shape index (κ3) is 4.86. The Morgan fingerprint density at radius 1 is 1.31 bits per heavy atom. The van der Waals surface area contributed by atoms with Gasteiger partial charge in [0.15, 0.2) is 16.4 Å². The van der Waals surface area contributed by atoms with E-state index >= 15 is 0 Å². The SMILES string of the molecule is Cc1ccsc1CN(C(=O)COc1ccc(Br)cc1)[C@H]1CCS(=O)(=O)C1. The summed E-state index contributed by atoms with van der Waals surface area (Å²) in [7, 11) is -3.07. The fourth-order valence-corrected chi connectivity index (χ4v) is 5.82. The average Bonchev–Trinajstić information content (AvgIpc) is 3.16. The van der Waals surface area contributed by atoms with Gasteiger partial charge in [-0.15, -0.1) is 11.3 Å². The molecule has 1 aliphatic rings. The van der Waals surface area contributed by atoms with E-state index in [2.05, 4.69) is 15.9 Å². The monoisotopic (exact) mass is 457 g/mol. The summed E-state index contributed by atoms with van der Waals surface area (Å²) in [6, 6.07) is 8.97. The second kappa shape index (κ2) is 8.10. The Balaban J connectivity index is 1.72. The van der Waals surface area contributed by atoms with E-state index in [1.807, 2.05) is 30.5 Å². The molecule has 1 aromatic heterocycles. The highest BCUT2D eigenvalue weighted by molar-refractivity contribution is 9.10. The Hall–Kier alpha value is -1.38. The molecule has 0 N–H and O–H groups in total. The molecule has 140 valence electrons. The van der Waals surface area contributed by atoms with Crippen molar-refractivity contribution in [2.24, 2.45) is 0 Å².